The lowest BCUT2D eigenvalue weighted by Crippen LogP contribution is -2.30. The minimum atomic E-state index is -0.0242. The van der Waals surface area contributed by atoms with E-state index in [0.29, 0.717) is 6.42 Å². The van der Waals surface area contributed by atoms with Crippen LogP contribution < -0.4 is 5.32 Å². The van der Waals surface area contributed by atoms with Crippen molar-refractivity contribution in [1.82, 2.24) is 5.32 Å². The van der Waals surface area contributed by atoms with Gasteiger partial charge in [-0.1, -0.05) is 12.1 Å². The van der Waals surface area contributed by atoms with Gasteiger partial charge in [0.25, 0.3) is 0 Å². The molecule has 1 amide bonds. The first-order valence-electron chi connectivity index (χ1n) is 6.80. The van der Waals surface area contributed by atoms with E-state index in [1.807, 2.05) is 22.9 Å². The summed E-state index contributed by atoms with van der Waals surface area (Å²) >= 11 is 3.35. The molecule has 0 radical (unpaired) electrons. The highest BCUT2D eigenvalue weighted by atomic mass is 32.1. The summed E-state index contributed by atoms with van der Waals surface area (Å²) < 4.78 is 5.53. The van der Waals surface area contributed by atoms with Crippen LogP contribution in [0.2, 0.25) is 0 Å². The summed E-state index contributed by atoms with van der Waals surface area (Å²) in [7, 11) is 0. The summed E-state index contributed by atoms with van der Waals surface area (Å²) in [6.07, 6.45) is 2.63. The molecule has 1 atom stereocenters. The second-order valence-electron chi connectivity index (χ2n) is 4.87. The second-order valence-corrected chi connectivity index (χ2v) is 6.83. The summed E-state index contributed by atoms with van der Waals surface area (Å²) in [5.74, 6) is 0.0729. The van der Waals surface area contributed by atoms with Crippen molar-refractivity contribution < 1.29 is 9.53 Å². The monoisotopic (exact) mass is 307 g/mol. The van der Waals surface area contributed by atoms with Crippen molar-refractivity contribution in [3.05, 3.63) is 44.8 Å². The van der Waals surface area contributed by atoms with Crippen LogP contribution >= 0.6 is 22.7 Å². The molecule has 1 fully saturated rings. The number of ether oxygens (including phenoxy) is 1. The fraction of sp³-hybridized carbons (Fsp3) is 0.400. The number of hydrogen-bond acceptors (Lipinski definition) is 4. The van der Waals surface area contributed by atoms with E-state index in [1.54, 1.807) is 22.7 Å². The number of carbonyl (C=O) groups excluding carboxylic acids is 1. The summed E-state index contributed by atoms with van der Waals surface area (Å²) in [5.41, 5.74) is 0. The number of thiophene rings is 2. The molecule has 0 unspecified atom stereocenters. The highest BCUT2D eigenvalue weighted by Gasteiger charge is 2.23. The smallest absolute Gasteiger partial charge is 0.223 e. The Balaban J connectivity index is 1.68. The van der Waals surface area contributed by atoms with Crippen molar-refractivity contribution >= 4 is 28.6 Å². The molecule has 0 aromatic carbocycles. The van der Waals surface area contributed by atoms with E-state index in [4.69, 9.17) is 4.74 Å². The van der Waals surface area contributed by atoms with E-state index in [2.05, 4.69) is 17.4 Å². The summed E-state index contributed by atoms with van der Waals surface area (Å²) in [5, 5.41) is 7.24. The third-order valence-corrected chi connectivity index (χ3v) is 5.27. The predicted octanol–water partition coefficient (Wildman–Crippen LogP) is 3.58. The van der Waals surface area contributed by atoms with Crippen LogP contribution in [-0.2, 0) is 9.53 Å². The van der Waals surface area contributed by atoms with E-state index in [0.717, 1.165) is 19.4 Å². The van der Waals surface area contributed by atoms with Crippen molar-refractivity contribution in [3.8, 4) is 0 Å². The Morgan fingerprint density at radius 2 is 2.00 bits per heavy atom. The third kappa shape index (κ3) is 3.29. The van der Waals surface area contributed by atoms with Crippen molar-refractivity contribution in [2.75, 3.05) is 6.61 Å². The number of nitrogens with one attached hydrogen (secondary N) is 1. The Morgan fingerprint density at radius 3 is 2.50 bits per heavy atom. The van der Waals surface area contributed by atoms with E-state index in [-0.39, 0.29) is 18.1 Å². The molecule has 3 nitrogen and oxygen atoms in total. The molecule has 1 aliphatic heterocycles. The summed E-state index contributed by atoms with van der Waals surface area (Å²) in [4.78, 5) is 14.6. The zero-order chi connectivity index (χ0) is 13.8. The van der Waals surface area contributed by atoms with Crippen LogP contribution in [0.25, 0.3) is 0 Å². The van der Waals surface area contributed by atoms with Gasteiger partial charge in [0, 0.05) is 16.4 Å². The normalized spacial score (nSPS) is 18.6. The molecule has 5 heteroatoms. The number of rotatable bonds is 5. The lowest BCUT2D eigenvalue weighted by molar-refractivity contribution is -0.123. The van der Waals surface area contributed by atoms with Gasteiger partial charge in [0.1, 0.15) is 0 Å². The first-order valence-corrected chi connectivity index (χ1v) is 8.56. The maximum atomic E-state index is 12.2. The van der Waals surface area contributed by atoms with Gasteiger partial charge < -0.3 is 10.1 Å². The molecule has 1 aliphatic rings. The second kappa shape index (κ2) is 6.52. The molecule has 1 N–H and O–H groups in total. The van der Waals surface area contributed by atoms with E-state index < -0.39 is 0 Å². The van der Waals surface area contributed by atoms with Crippen LogP contribution in [0.15, 0.2) is 35.0 Å². The summed E-state index contributed by atoms with van der Waals surface area (Å²) in [6, 6.07) is 8.16. The third-order valence-electron chi connectivity index (χ3n) is 3.40. The van der Waals surface area contributed by atoms with E-state index in [9.17, 15) is 4.79 Å². The molecule has 0 spiro atoms. The van der Waals surface area contributed by atoms with Crippen LogP contribution in [0.3, 0.4) is 0 Å². The van der Waals surface area contributed by atoms with Gasteiger partial charge in [0.2, 0.25) is 5.91 Å². The molecule has 0 saturated carbocycles. The molecule has 3 rings (SSSR count). The molecule has 2 aromatic heterocycles. The largest absolute Gasteiger partial charge is 0.378 e. The van der Waals surface area contributed by atoms with Gasteiger partial charge >= 0.3 is 0 Å². The first kappa shape index (κ1) is 13.8. The molecular weight excluding hydrogens is 290 g/mol. The van der Waals surface area contributed by atoms with Gasteiger partial charge in [-0.2, -0.15) is 0 Å². The molecule has 3 heterocycles. The quantitative estimate of drug-likeness (QED) is 0.917. The standard InChI is InChI=1S/C15H17NO2S2/c17-14(10-11-4-1-7-18-11)16-15(12-5-2-8-19-12)13-6-3-9-20-13/h2-3,5-6,8-9,11,15H,1,4,7,10H2,(H,16,17)/t11-/m1/s1. The van der Waals surface area contributed by atoms with Crippen molar-refractivity contribution in [2.24, 2.45) is 0 Å². The molecular formula is C15H17NO2S2. The lowest BCUT2D eigenvalue weighted by Gasteiger charge is -2.17. The number of carbonyl (C=O) groups is 1. The van der Waals surface area contributed by atoms with Gasteiger partial charge in [-0.3, -0.25) is 4.79 Å². The average molecular weight is 307 g/mol. The molecule has 0 bridgehead atoms. The van der Waals surface area contributed by atoms with Crippen LogP contribution in [-0.4, -0.2) is 18.6 Å². The lowest BCUT2D eigenvalue weighted by atomic mass is 10.1. The van der Waals surface area contributed by atoms with Crippen LogP contribution in [0.5, 0.6) is 0 Å². The molecule has 2 aromatic rings. The highest BCUT2D eigenvalue weighted by Crippen LogP contribution is 2.29. The molecule has 20 heavy (non-hydrogen) atoms. The molecule has 106 valence electrons. The Hall–Kier alpha value is -1.17. The van der Waals surface area contributed by atoms with Crippen molar-refractivity contribution in [1.29, 1.82) is 0 Å². The van der Waals surface area contributed by atoms with Gasteiger partial charge in [-0.15, -0.1) is 22.7 Å². The van der Waals surface area contributed by atoms with Crippen molar-refractivity contribution in [2.45, 2.75) is 31.4 Å². The first-order chi connectivity index (χ1) is 9.83. The Labute approximate surface area is 126 Å². The Bertz CT molecular complexity index is 496. The zero-order valence-corrected chi connectivity index (χ0v) is 12.7. The van der Waals surface area contributed by atoms with Gasteiger partial charge in [-0.05, 0) is 35.7 Å². The summed E-state index contributed by atoms with van der Waals surface area (Å²) in [6.45, 7) is 0.789. The SMILES string of the molecule is O=C(C[C@H]1CCCO1)NC(c1cccs1)c1cccs1. The van der Waals surface area contributed by atoms with E-state index in [1.165, 1.54) is 9.75 Å². The van der Waals surface area contributed by atoms with Gasteiger partial charge in [0.05, 0.1) is 18.6 Å². The predicted molar refractivity (Wildman–Crippen MR) is 82.2 cm³/mol. The average Bonchev–Trinajstić information content (AvgIpc) is 3.18. The Morgan fingerprint density at radius 1 is 1.30 bits per heavy atom. The van der Waals surface area contributed by atoms with Crippen LogP contribution in [0.1, 0.15) is 35.1 Å². The van der Waals surface area contributed by atoms with Crippen LogP contribution in [0.4, 0.5) is 0 Å². The minimum Gasteiger partial charge on any atom is -0.378 e. The number of amides is 1. The topological polar surface area (TPSA) is 38.3 Å². The van der Waals surface area contributed by atoms with Crippen LogP contribution in [0, 0.1) is 0 Å². The van der Waals surface area contributed by atoms with E-state index >= 15 is 0 Å². The maximum absolute atomic E-state index is 12.2. The molecule has 1 saturated heterocycles. The van der Waals surface area contributed by atoms with Crippen molar-refractivity contribution in [3.63, 3.8) is 0 Å². The maximum Gasteiger partial charge on any atom is 0.223 e. The Kier molecular flexibility index (Phi) is 4.50. The van der Waals surface area contributed by atoms with Gasteiger partial charge in [0.15, 0.2) is 0 Å². The fourth-order valence-corrected chi connectivity index (χ4v) is 4.09. The van der Waals surface area contributed by atoms with Gasteiger partial charge in [-0.25, -0.2) is 0 Å². The molecule has 0 aliphatic carbocycles. The minimum absolute atomic E-state index is 0.0242. The highest BCUT2D eigenvalue weighted by molar-refractivity contribution is 7.11. The zero-order valence-electron chi connectivity index (χ0n) is 11.1. The number of hydrogen-bond donors (Lipinski definition) is 1. The fourth-order valence-electron chi connectivity index (χ4n) is 2.43.